The van der Waals surface area contributed by atoms with Gasteiger partial charge in [0.1, 0.15) is 0 Å². The maximum absolute atomic E-state index is 11.8. The third-order valence-electron chi connectivity index (χ3n) is 3.04. The molecule has 0 aliphatic rings. The standard InChI is InChI=1S/C13H29N3O/c1-4-6-11-16(5-2)12-8-13(17)15(3)10-7-9-14/h4-12,14H2,1-3H3. The molecule has 0 aromatic rings. The van der Waals surface area contributed by atoms with E-state index in [1.54, 1.807) is 4.90 Å². The van der Waals surface area contributed by atoms with Crippen LogP contribution < -0.4 is 5.73 Å². The lowest BCUT2D eigenvalue weighted by Crippen LogP contribution is -2.33. The van der Waals surface area contributed by atoms with E-state index >= 15 is 0 Å². The first kappa shape index (κ1) is 16.4. The van der Waals surface area contributed by atoms with Crippen molar-refractivity contribution in [1.82, 2.24) is 9.80 Å². The number of amides is 1. The molecule has 0 aliphatic carbocycles. The molecule has 0 heterocycles. The summed E-state index contributed by atoms with van der Waals surface area (Å²) < 4.78 is 0. The van der Waals surface area contributed by atoms with Gasteiger partial charge in [-0.25, -0.2) is 0 Å². The van der Waals surface area contributed by atoms with Crippen LogP contribution in [0.1, 0.15) is 39.5 Å². The number of hydrogen-bond donors (Lipinski definition) is 1. The van der Waals surface area contributed by atoms with Crippen LogP contribution in [0.2, 0.25) is 0 Å². The SMILES string of the molecule is CCCCN(CC)CCC(=O)N(C)CCCN. The predicted molar refractivity (Wildman–Crippen MR) is 72.9 cm³/mol. The van der Waals surface area contributed by atoms with Gasteiger partial charge in [0, 0.05) is 26.6 Å². The Hall–Kier alpha value is -0.610. The first-order valence-corrected chi connectivity index (χ1v) is 6.82. The van der Waals surface area contributed by atoms with Gasteiger partial charge in [-0.3, -0.25) is 4.79 Å². The van der Waals surface area contributed by atoms with Crippen LogP contribution in [0.3, 0.4) is 0 Å². The molecular weight excluding hydrogens is 214 g/mol. The highest BCUT2D eigenvalue weighted by Crippen LogP contribution is 1.99. The molecule has 0 bridgehead atoms. The van der Waals surface area contributed by atoms with Gasteiger partial charge in [-0.2, -0.15) is 0 Å². The minimum atomic E-state index is 0.230. The maximum Gasteiger partial charge on any atom is 0.223 e. The molecule has 102 valence electrons. The molecule has 0 saturated heterocycles. The van der Waals surface area contributed by atoms with E-state index in [0.29, 0.717) is 13.0 Å². The third kappa shape index (κ3) is 8.16. The average molecular weight is 243 g/mol. The van der Waals surface area contributed by atoms with Gasteiger partial charge in [0.05, 0.1) is 0 Å². The number of carbonyl (C=O) groups excluding carboxylic acids is 1. The molecule has 0 radical (unpaired) electrons. The van der Waals surface area contributed by atoms with E-state index in [1.165, 1.54) is 12.8 Å². The molecule has 0 rings (SSSR count). The van der Waals surface area contributed by atoms with Crippen LogP contribution in [-0.2, 0) is 4.79 Å². The first-order valence-electron chi connectivity index (χ1n) is 6.82. The molecule has 1 amide bonds. The molecular formula is C13H29N3O. The molecule has 2 N–H and O–H groups in total. The quantitative estimate of drug-likeness (QED) is 0.629. The summed E-state index contributed by atoms with van der Waals surface area (Å²) in [6, 6.07) is 0. The summed E-state index contributed by atoms with van der Waals surface area (Å²) in [5, 5.41) is 0. The van der Waals surface area contributed by atoms with Crippen molar-refractivity contribution in [3.05, 3.63) is 0 Å². The number of rotatable bonds is 10. The van der Waals surface area contributed by atoms with Crippen molar-refractivity contribution in [3.63, 3.8) is 0 Å². The van der Waals surface area contributed by atoms with Crippen molar-refractivity contribution in [2.24, 2.45) is 5.73 Å². The van der Waals surface area contributed by atoms with Crippen molar-refractivity contribution < 1.29 is 4.79 Å². The van der Waals surface area contributed by atoms with Crippen LogP contribution in [0.25, 0.3) is 0 Å². The highest BCUT2D eigenvalue weighted by atomic mass is 16.2. The van der Waals surface area contributed by atoms with Crippen LogP contribution in [0.4, 0.5) is 0 Å². The highest BCUT2D eigenvalue weighted by molar-refractivity contribution is 5.76. The van der Waals surface area contributed by atoms with E-state index in [2.05, 4.69) is 18.7 Å². The molecule has 0 spiro atoms. The topological polar surface area (TPSA) is 49.6 Å². The van der Waals surface area contributed by atoms with E-state index in [-0.39, 0.29) is 5.91 Å². The Bertz CT molecular complexity index is 197. The van der Waals surface area contributed by atoms with E-state index < -0.39 is 0 Å². The minimum absolute atomic E-state index is 0.230. The Morgan fingerprint density at radius 2 is 1.82 bits per heavy atom. The summed E-state index contributed by atoms with van der Waals surface area (Å²) in [4.78, 5) is 15.9. The molecule has 17 heavy (non-hydrogen) atoms. The van der Waals surface area contributed by atoms with Crippen LogP contribution in [0, 0.1) is 0 Å². The Kier molecular flexibility index (Phi) is 10.2. The highest BCUT2D eigenvalue weighted by Gasteiger charge is 2.10. The zero-order chi connectivity index (χ0) is 13.1. The number of hydrogen-bond acceptors (Lipinski definition) is 3. The van der Waals surface area contributed by atoms with Crippen molar-refractivity contribution in [2.75, 3.05) is 39.8 Å². The molecule has 0 aromatic carbocycles. The van der Waals surface area contributed by atoms with Gasteiger partial charge in [0.15, 0.2) is 0 Å². The van der Waals surface area contributed by atoms with Gasteiger partial charge in [-0.05, 0) is 32.5 Å². The number of nitrogens with zero attached hydrogens (tertiary/aromatic N) is 2. The Balaban J connectivity index is 3.78. The van der Waals surface area contributed by atoms with Gasteiger partial charge >= 0.3 is 0 Å². The number of unbranched alkanes of at least 4 members (excludes halogenated alkanes) is 1. The zero-order valence-electron chi connectivity index (χ0n) is 11.7. The fraction of sp³-hybridized carbons (Fsp3) is 0.923. The van der Waals surface area contributed by atoms with Crippen LogP contribution in [0.15, 0.2) is 0 Å². The lowest BCUT2D eigenvalue weighted by atomic mass is 10.2. The monoisotopic (exact) mass is 243 g/mol. The maximum atomic E-state index is 11.8. The fourth-order valence-corrected chi connectivity index (χ4v) is 1.71. The predicted octanol–water partition coefficient (Wildman–Crippen LogP) is 1.31. The second kappa shape index (κ2) is 10.5. The molecule has 0 aliphatic heterocycles. The molecule has 4 heteroatoms. The number of carbonyl (C=O) groups is 1. The summed E-state index contributed by atoms with van der Waals surface area (Å²) in [7, 11) is 1.86. The van der Waals surface area contributed by atoms with Gasteiger partial charge < -0.3 is 15.5 Å². The van der Waals surface area contributed by atoms with Crippen LogP contribution in [0.5, 0.6) is 0 Å². The molecule has 0 aromatic heterocycles. The normalized spacial score (nSPS) is 10.9. The summed E-state index contributed by atoms with van der Waals surface area (Å²) in [5.74, 6) is 0.230. The first-order chi connectivity index (χ1) is 8.15. The molecule has 0 saturated carbocycles. The van der Waals surface area contributed by atoms with Crippen LogP contribution >= 0.6 is 0 Å². The molecule has 4 nitrogen and oxygen atoms in total. The molecule has 0 fully saturated rings. The van der Waals surface area contributed by atoms with Crippen molar-refractivity contribution in [1.29, 1.82) is 0 Å². The van der Waals surface area contributed by atoms with Crippen molar-refractivity contribution in [2.45, 2.75) is 39.5 Å². The lowest BCUT2D eigenvalue weighted by Gasteiger charge is -2.22. The van der Waals surface area contributed by atoms with Crippen LogP contribution in [-0.4, -0.2) is 55.5 Å². The van der Waals surface area contributed by atoms with Gasteiger partial charge in [0.2, 0.25) is 5.91 Å². The third-order valence-corrected chi connectivity index (χ3v) is 3.04. The zero-order valence-corrected chi connectivity index (χ0v) is 11.7. The lowest BCUT2D eigenvalue weighted by molar-refractivity contribution is -0.130. The van der Waals surface area contributed by atoms with E-state index in [0.717, 1.165) is 32.6 Å². The van der Waals surface area contributed by atoms with Crippen molar-refractivity contribution >= 4 is 5.91 Å². The van der Waals surface area contributed by atoms with Crippen molar-refractivity contribution in [3.8, 4) is 0 Å². The summed E-state index contributed by atoms with van der Waals surface area (Å²) >= 11 is 0. The van der Waals surface area contributed by atoms with E-state index in [4.69, 9.17) is 5.73 Å². The smallest absolute Gasteiger partial charge is 0.223 e. The Morgan fingerprint density at radius 1 is 1.12 bits per heavy atom. The molecule has 0 unspecified atom stereocenters. The number of nitrogens with two attached hydrogens (primary N) is 1. The Morgan fingerprint density at radius 3 is 2.35 bits per heavy atom. The van der Waals surface area contributed by atoms with Gasteiger partial charge in [0.25, 0.3) is 0 Å². The fourth-order valence-electron chi connectivity index (χ4n) is 1.71. The van der Waals surface area contributed by atoms with E-state index in [9.17, 15) is 4.79 Å². The largest absolute Gasteiger partial charge is 0.346 e. The van der Waals surface area contributed by atoms with Gasteiger partial charge in [-0.15, -0.1) is 0 Å². The summed E-state index contributed by atoms with van der Waals surface area (Å²) in [5.41, 5.74) is 5.43. The van der Waals surface area contributed by atoms with Gasteiger partial charge in [-0.1, -0.05) is 20.3 Å². The minimum Gasteiger partial charge on any atom is -0.346 e. The summed E-state index contributed by atoms with van der Waals surface area (Å²) in [6.45, 7) is 8.78. The second-order valence-corrected chi connectivity index (χ2v) is 4.50. The second-order valence-electron chi connectivity index (χ2n) is 4.50. The average Bonchev–Trinajstić information content (AvgIpc) is 2.35. The molecule has 0 atom stereocenters. The van der Waals surface area contributed by atoms with E-state index in [1.807, 2.05) is 7.05 Å². The Labute approximate surface area is 106 Å². The summed E-state index contributed by atoms with van der Waals surface area (Å²) in [6.07, 6.45) is 3.93.